The Hall–Kier alpha value is 0.200. The topological polar surface area (TPSA) is 3.24 Å². The van der Waals surface area contributed by atoms with E-state index in [1.54, 1.807) is 0 Å². The molecule has 1 aromatic rings. The maximum atomic E-state index is 2.33. The van der Waals surface area contributed by atoms with Crippen LogP contribution in [0, 0.1) is 3.57 Å². The minimum Gasteiger partial charge on any atom is -0.309 e. The van der Waals surface area contributed by atoms with Crippen LogP contribution in [0.4, 0.5) is 0 Å². The van der Waals surface area contributed by atoms with Crippen LogP contribution in [0.2, 0.25) is 0 Å². The molecule has 0 saturated carbocycles. The standard InChI is InChI=1S/C10H14IN.ClH/c1-12(2)8-7-9-3-5-10(11)6-4-9;/h3-6H,7-8H2,1-2H3;1H. The van der Waals surface area contributed by atoms with Crippen LogP contribution >= 0.6 is 35.0 Å². The zero-order chi connectivity index (χ0) is 8.97. The normalized spacial score (nSPS) is 9.85. The van der Waals surface area contributed by atoms with Crippen molar-refractivity contribution in [1.29, 1.82) is 0 Å². The molecule has 74 valence electrons. The Morgan fingerprint density at radius 2 is 1.69 bits per heavy atom. The van der Waals surface area contributed by atoms with Gasteiger partial charge in [0, 0.05) is 10.1 Å². The van der Waals surface area contributed by atoms with E-state index in [9.17, 15) is 0 Å². The molecule has 0 radical (unpaired) electrons. The number of nitrogens with zero attached hydrogens (tertiary/aromatic N) is 1. The Labute approximate surface area is 100 Å². The average molecular weight is 312 g/mol. The van der Waals surface area contributed by atoms with Crippen molar-refractivity contribution in [3.05, 3.63) is 33.4 Å². The van der Waals surface area contributed by atoms with Gasteiger partial charge in [-0.1, -0.05) is 12.1 Å². The van der Waals surface area contributed by atoms with Crippen molar-refractivity contribution in [2.45, 2.75) is 6.42 Å². The van der Waals surface area contributed by atoms with Gasteiger partial charge in [0.25, 0.3) is 0 Å². The van der Waals surface area contributed by atoms with Crippen LogP contribution in [0.25, 0.3) is 0 Å². The van der Waals surface area contributed by atoms with Crippen molar-refractivity contribution >= 4 is 35.0 Å². The van der Waals surface area contributed by atoms with Gasteiger partial charge in [-0.15, -0.1) is 12.4 Å². The SMILES string of the molecule is CN(C)CCc1ccc(I)cc1.Cl. The molecule has 0 atom stereocenters. The number of benzene rings is 1. The fourth-order valence-electron chi connectivity index (χ4n) is 1.00. The van der Waals surface area contributed by atoms with Crippen molar-refractivity contribution in [3.8, 4) is 0 Å². The second-order valence-electron chi connectivity index (χ2n) is 3.18. The summed E-state index contributed by atoms with van der Waals surface area (Å²) in [7, 11) is 4.21. The molecule has 0 aliphatic rings. The second kappa shape index (κ2) is 6.62. The monoisotopic (exact) mass is 311 g/mol. The van der Waals surface area contributed by atoms with Gasteiger partial charge in [0.05, 0.1) is 0 Å². The summed E-state index contributed by atoms with van der Waals surface area (Å²) in [5, 5.41) is 0. The predicted octanol–water partition coefficient (Wildman–Crippen LogP) is 2.82. The molecule has 0 spiro atoms. The number of rotatable bonds is 3. The summed E-state index contributed by atoms with van der Waals surface area (Å²) in [6.45, 7) is 1.13. The molecule has 0 unspecified atom stereocenters. The molecule has 13 heavy (non-hydrogen) atoms. The molecule has 1 nitrogen and oxygen atoms in total. The molecular formula is C10H15ClIN. The molecule has 3 heteroatoms. The largest absolute Gasteiger partial charge is 0.309 e. The lowest BCUT2D eigenvalue weighted by atomic mass is 10.1. The summed E-state index contributed by atoms with van der Waals surface area (Å²) in [5.41, 5.74) is 1.42. The molecule has 1 aromatic carbocycles. The van der Waals surface area contributed by atoms with Crippen LogP contribution in [0.3, 0.4) is 0 Å². The van der Waals surface area contributed by atoms with Crippen LogP contribution in [-0.4, -0.2) is 25.5 Å². The van der Waals surface area contributed by atoms with E-state index in [2.05, 4.69) is 65.9 Å². The first-order chi connectivity index (χ1) is 5.68. The average Bonchev–Trinajstić information content (AvgIpc) is 2.03. The first-order valence-corrected chi connectivity index (χ1v) is 5.15. The third-order valence-corrected chi connectivity index (χ3v) is 2.48. The van der Waals surface area contributed by atoms with Crippen molar-refractivity contribution < 1.29 is 0 Å². The molecule has 0 N–H and O–H groups in total. The number of hydrogen-bond donors (Lipinski definition) is 0. The summed E-state index contributed by atoms with van der Waals surface area (Å²) < 4.78 is 1.31. The number of halogens is 2. The fraction of sp³-hybridized carbons (Fsp3) is 0.400. The first kappa shape index (κ1) is 13.2. The van der Waals surface area contributed by atoms with Crippen LogP contribution in [0.1, 0.15) is 5.56 Å². The molecule has 0 amide bonds. The minimum atomic E-state index is 0. The highest BCUT2D eigenvalue weighted by atomic mass is 127. The van der Waals surface area contributed by atoms with E-state index in [4.69, 9.17) is 0 Å². The number of likely N-dealkylation sites (N-methyl/N-ethyl adjacent to an activating group) is 1. The van der Waals surface area contributed by atoms with Crippen LogP contribution in [-0.2, 0) is 6.42 Å². The molecule has 0 aromatic heterocycles. The van der Waals surface area contributed by atoms with Crippen LogP contribution in [0.15, 0.2) is 24.3 Å². The quantitative estimate of drug-likeness (QED) is 0.776. The molecule has 0 aliphatic heterocycles. The van der Waals surface area contributed by atoms with E-state index in [1.807, 2.05) is 0 Å². The Morgan fingerprint density at radius 3 is 2.15 bits per heavy atom. The van der Waals surface area contributed by atoms with Gasteiger partial charge >= 0.3 is 0 Å². The Bertz CT molecular complexity index is 233. The van der Waals surface area contributed by atoms with Gasteiger partial charge < -0.3 is 4.90 Å². The van der Waals surface area contributed by atoms with Crippen molar-refractivity contribution in [3.63, 3.8) is 0 Å². The Balaban J connectivity index is 0.00000144. The first-order valence-electron chi connectivity index (χ1n) is 4.07. The molecule has 0 fully saturated rings. The zero-order valence-electron chi connectivity index (χ0n) is 7.96. The van der Waals surface area contributed by atoms with Gasteiger partial charge in [-0.2, -0.15) is 0 Å². The molecule has 0 saturated heterocycles. The lowest BCUT2D eigenvalue weighted by Gasteiger charge is -2.08. The smallest absolute Gasteiger partial charge is 0.0130 e. The van der Waals surface area contributed by atoms with Crippen molar-refractivity contribution in [1.82, 2.24) is 4.90 Å². The number of hydrogen-bond acceptors (Lipinski definition) is 1. The minimum absolute atomic E-state index is 0. The highest BCUT2D eigenvalue weighted by molar-refractivity contribution is 14.1. The Kier molecular flexibility index (Phi) is 6.73. The van der Waals surface area contributed by atoms with Crippen LogP contribution in [0.5, 0.6) is 0 Å². The van der Waals surface area contributed by atoms with Gasteiger partial charge in [-0.25, -0.2) is 0 Å². The Morgan fingerprint density at radius 1 is 1.15 bits per heavy atom. The maximum Gasteiger partial charge on any atom is 0.0130 e. The third kappa shape index (κ3) is 5.49. The van der Waals surface area contributed by atoms with E-state index in [-0.39, 0.29) is 12.4 Å². The lowest BCUT2D eigenvalue weighted by molar-refractivity contribution is 0.413. The summed E-state index contributed by atoms with van der Waals surface area (Å²) in [6.07, 6.45) is 1.14. The van der Waals surface area contributed by atoms with Crippen LogP contribution < -0.4 is 0 Å². The zero-order valence-corrected chi connectivity index (χ0v) is 10.9. The van der Waals surface area contributed by atoms with Gasteiger partial charge in [-0.3, -0.25) is 0 Å². The van der Waals surface area contributed by atoms with Gasteiger partial charge in [0.1, 0.15) is 0 Å². The van der Waals surface area contributed by atoms with E-state index in [1.165, 1.54) is 9.13 Å². The summed E-state index contributed by atoms with van der Waals surface area (Å²) in [6, 6.07) is 8.72. The lowest BCUT2D eigenvalue weighted by Crippen LogP contribution is -2.14. The van der Waals surface area contributed by atoms with E-state index < -0.39 is 0 Å². The maximum absolute atomic E-state index is 2.33. The summed E-state index contributed by atoms with van der Waals surface area (Å²) in [4.78, 5) is 2.21. The van der Waals surface area contributed by atoms with E-state index in [0.717, 1.165) is 13.0 Å². The molecular weight excluding hydrogens is 296 g/mol. The predicted molar refractivity (Wildman–Crippen MR) is 68.7 cm³/mol. The van der Waals surface area contributed by atoms with Gasteiger partial charge in [-0.05, 0) is 60.8 Å². The molecule has 0 heterocycles. The summed E-state index contributed by atoms with van der Waals surface area (Å²) >= 11 is 2.33. The fourth-order valence-corrected chi connectivity index (χ4v) is 1.36. The van der Waals surface area contributed by atoms with Gasteiger partial charge in [0.15, 0.2) is 0 Å². The highest BCUT2D eigenvalue weighted by Crippen LogP contribution is 2.07. The second-order valence-corrected chi connectivity index (χ2v) is 4.43. The molecule has 0 aliphatic carbocycles. The highest BCUT2D eigenvalue weighted by Gasteiger charge is 1.93. The van der Waals surface area contributed by atoms with Gasteiger partial charge in [0.2, 0.25) is 0 Å². The van der Waals surface area contributed by atoms with Crippen molar-refractivity contribution in [2.24, 2.45) is 0 Å². The molecule has 1 rings (SSSR count). The van der Waals surface area contributed by atoms with Crippen molar-refractivity contribution in [2.75, 3.05) is 20.6 Å². The van der Waals surface area contributed by atoms with E-state index in [0.29, 0.717) is 0 Å². The third-order valence-electron chi connectivity index (χ3n) is 1.76. The van der Waals surface area contributed by atoms with E-state index >= 15 is 0 Å². The summed E-state index contributed by atoms with van der Waals surface area (Å²) in [5.74, 6) is 0. The molecule has 0 bridgehead atoms.